The first-order valence-corrected chi connectivity index (χ1v) is 6.09. The molecule has 3 nitrogen and oxygen atoms in total. The lowest BCUT2D eigenvalue weighted by Crippen LogP contribution is -2.52. The van der Waals surface area contributed by atoms with Crippen LogP contribution in [-0.4, -0.2) is 34.6 Å². The molecule has 1 rings (SSSR count). The van der Waals surface area contributed by atoms with Gasteiger partial charge in [-0.15, -0.1) is 0 Å². The minimum atomic E-state index is -0.623. The van der Waals surface area contributed by atoms with Gasteiger partial charge in [-0.1, -0.05) is 27.2 Å². The van der Waals surface area contributed by atoms with Crippen LogP contribution >= 0.6 is 0 Å². The molecule has 0 saturated heterocycles. The Bertz CT molecular complexity index is 226. The normalized spacial score (nSPS) is 31.1. The van der Waals surface area contributed by atoms with Crippen molar-refractivity contribution in [3.05, 3.63) is 0 Å². The molecular weight excluding hydrogens is 190 g/mol. The number of likely N-dealkylation sites (N-methyl/N-ethyl adjacent to an activating group) is 1. The average molecular weight is 213 g/mol. The zero-order valence-electron chi connectivity index (χ0n) is 10.1. The van der Waals surface area contributed by atoms with Crippen molar-refractivity contribution in [1.29, 1.82) is 0 Å². The summed E-state index contributed by atoms with van der Waals surface area (Å²) in [5, 5.41) is 9.47. The molecule has 0 aromatic rings. The Morgan fingerprint density at radius 1 is 1.40 bits per heavy atom. The van der Waals surface area contributed by atoms with Gasteiger partial charge in [0.2, 0.25) is 0 Å². The molecule has 0 aromatic carbocycles. The SMILES string of the molecule is CCC1CCC(C(=O)O)(N(CC)CC)C1. The number of aliphatic carboxylic acids is 1. The summed E-state index contributed by atoms with van der Waals surface area (Å²) in [6, 6.07) is 0. The topological polar surface area (TPSA) is 40.5 Å². The van der Waals surface area contributed by atoms with E-state index in [1.54, 1.807) is 0 Å². The summed E-state index contributed by atoms with van der Waals surface area (Å²) in [6.45, 7) is 7.92. The molecule has 3 heteroatoms. The molecule has 1 fully saturated rings. The lowest BCUT2D eigenvalue weighted by Gasteiger charge is -2.36. The maximum atomic E-state index is 11.5. The van der Waals surface area contributed by atoms with E-state index >= 15 is 0 Å². The fourth-order valence-electron chi connectivity index (χ4n) is 2.92. The molecule has 1 aliphatic carbocycles. The zero-order valence-corrected chi connectivity index (χ0v) is 10.1. The van der Waals surface area contributed by atoms with Crippen LogP contribution in [-0.2, 0) is 4.79 Å². The molecule has 0 heterocycles. The van der Waals surface area contributed by atoms with Crippen LogP contribution < -0.4 is 0 Å². The van der Waals surface area contributed by atoms with E-state index in [0.29, 0.717) is 5.92 Å². The minimum Gasteiger partial charge on any atom is -0.480 e. The van der Waals surface area contributed by atoms with Crippen molar-refractivity contribution in [1.82, 2.24) is 4.90 Å². The molecule has 1 N–H and O–H groups in total. The number of hydrogen-bond donors (Lipinski definition) is 1. The molecule has 0 aliphatic heterocycles. The summed E-state index contributed by atoms with van der Waals surface area (Å²) in [7, 11) is 0. The van der Waals surface area contributed by atoms with E-state index in [1.807, 2.05) is 13.8 Å². The third-order valence-electron chi connectivity index (χ3n) is 3.94. The Kier molecular flexibility index (Phi) is 4.14. The molecule has 2 atom stereocenters. The summed E-state index contributed by atoms with van der Waals surface area (Å²) >= 11 is 0. The van der Waals surface area contributed by atoms with E-state index < -0.39 is 11.5 Å². The van der Waals surface area contributed by atoms with Crippen LogP contribution in [0.5, 0.6) is 0 Å². The molecule has 0 bridgehead atoms. The second-order valence-corrected chi connectivity index (χ2v) is 4.53. The fraction of sp³-hybridized carbons (Fsp3) is 0.917. The van der Waals surface area contributed by atoms with Gasteiger partial charge >= 0.3 is 5.97 Å². The lowest BCUT2D eigenvalue weighted by atomic mass is 9.93. The third kappa shape index (κ3) is 2.17. The Labute approximate surface area is 92.5 Å². The first-order chi connectivity index (χ1) is 7.10. The van der Waals surface area contributed by atoms with Gasteiger partial charge in [-0.05, 0) is 38.3 Å². The third-order valence-corrected chi connectivity index (χ3v) is 3.94. The van der Waals surface area contributed by atoms with Gasteiger partial charge in [0, 0.05) is 0 Å². The lowest BCUT2D eigenvalue weighted by molar-refractivity contribution is -0.151. The van der Waals surface area contributed by atoms with Crippen molar-refractivity contribution in [2.45, 2.75) is 52.0 Å². The van der Waals surface area contributed by atoms with E-state index in [4.69, 9.17) is 0 Å². The highest BCUT2D eigenvalue weighted by molar-refractivity contribution is 5.79. The molecule has 0 spiro atoms. The summed E-state index contributed by atoms with van der Waals surface area (Å²) in [6.07, 6.45) is 3.83. The van der Waals surface area contributed by atoms with Crippen molar-refractivity contribution in [3.8, 4) is 0 Å². The van der Waals surface area contributed by atoms with Crippen molar-refractivity contribution < 1.29 is 9.90 Å². The number of hydrogen-bond acceptors (Lipinski definition) is 2. The van der Waals surface area contributed by atoms with Crippen molar-refractivity contribution in [3.63, 3.8) is 0 Å². The van der Waals surface area contributed by atoms with E-state index in [2.05, 4.69) is 11.8 Å². The van der Waals surface area contributed by atoms with Crippen LogP contribution in [0.1, 0.15) is 46.5 Å². The van der Waals surface area contributed by atoms with E-state index in [9.17, 15) is 9.90 Å². The fourth-order valence-corrected chi connectivity index (χ4v) is 2.92. The van der Waals surface area contributed by atoms with Gasteiger partial charge in [0.05, 0.1) is 0 Å². The van der Waals surface area contributed by atoms with Crippen LogP contribution in [0.15, 0.2) is 0 Å². The second-order valence-electron chi connectivity index (χ2n) is 4.53. The molecular formula is C12H23NO2. The zero-order chi connectivity index (χ0) is 11.5. The van der Waals surface area contributed by atoms with E-state index in [0.717, 1.165) is 38.8 Å². The van der Waals surface area contributed by atoms with Crippen LogP contribution in [0.4, 0.5) is 0 Å². The Hall–Kier alpha value is -0.570. The second kappa shape index (κ2) is 4.97. The average Bonchev–Trinajstić information content (AvgIpc) is 2.65. The first-order valence-electron chi connectivity index (χ1n) is 6.09. The summed E-state index contributed by atoms with van der Waals surface area (Å²) in [4.78, 5) is 13.6. The maximum Gasteiger partial charge on any atom is 0.324 e. The highest BCUT2D eigenvalue weighted by atomic mass is 16.4. The van der Waals surface area contributed by atoms with E-state index in [1.165, 1.54) is 0 Å². The van der Waals surface area contributed by atoms with Crippen molar-refractivity contribution in [2.75, 3.05) is 13.1 Å². The molecule has 1 saturated carbocycles. The smallest absolute Gasteiger partial charge is 0.324 e. The number of carboxylic acid groups (broad SMARTS) is 1. The molecule has 88 valence electrons. The number of carboxylic acids is 1. The van der Waals surface area contributed by atoms with Crippen LogP contribution in [0.3, 0.4) is 0 Å². The van der Waals surface area contributed by atoms with Crippen LogP contribution in [0.25, 0.3) is 0 Å². The monoisotopic (exact) mass is 213 g/mol. The highest BCUT2D eigenvalue weighted by Gasteiger charge is 2.48. The number of rotatable bonds is 5. The number of carbonyl (C=O) groups is 1. The van der Waals surface area contributed by atoms with E-state index in [-0.39, 0.29) is 0 Å². The Morgan fingerprint density at radius 3 is 2.33 bits per heavy atom. The Balaban J connectivity index is 2.85. The predicted molar refractivity (Wildman–Crippen MR) is 60.9 cm³/mol. The van der Waals surface area contributed by atoms with Gasteiger partial charge < -0.3 is 5.11 Å². The van der Waals surface area contributed by atoms with Crippen molar-refractivity contribution in [2.24, 2.45) is 5.92 Å². The molecule has 15 heavy (non-hydrogen) atoms. The van der Waals surface area contributed by atoms with Gasteiger partial charge in [0.25, 0.3) is 0 Å². The molecule has 2 unspecified atom stereocenters. The van der Waals surface area contributed by atoms with Gasteiger partial charge in [0.15, 0.2) is 0 Å². The van der Waals surface area contributed by atoms with Gasteiger partial charge in [-0.3, -0.25) is 9.69 Å². The van der Waals surface area contributed by atoms with Gasteiger partial charge in [-0.25, -0.2) is 0 Å². The molecule has 0 amide bonds. The summed E-state index contributed by atoms with van der Waals surface area (Å²) in [5.41, 5.74) is -0.565. The van der Waals surface area contributed by atoms with Crippen LogP contribution in [0, 0.1) is 5.92 Å². The quantitative estimate of drug-likeness (QED) is 0.762. The molecule has 0 aromatic heterocycles. The van der Waals surface area contributed by atoms with Crippen molar-refractivity contribution >= 4 is 5.97 Å². The largest absolute Gasteiger partial charge is 0.480 e. The standard InChI is InChI=1S/C12H23NO2/c1-4-10-7-8-12(9-10,11(14)15)13(5-2)6-3/h10H,4-9H2,1-3H3,(H,14,15). The predicted octanol–water partition coefficient (Wildman–Crippen LogP) is 2.36. The molecule has 1 aliphatic rings. The van der Waals surface area contributed by atoms with Crippen LogP contribution in [0.2, 0.25) is 0 Å². The summed E-state index contributed by atoms with van der Waals surface area (Å²) < 4.78 is 0. The number of nitrogens with zero attached hydrogens (tertiary/aromatic N) is 1. The highest BCUT2D eigenvalue weighted by Crippen LogP contribution is 2.40. The first kappa shape index (κ1) is 12.5. The summed E-state index contributed by atoms with van der Waals surface area (Å²) in [5.74, 6) is -0.0242. The Morgan fingerprint density at radius 2 is 2.00 bits per heavy atom. The maximum absolute atomic E-state index is 11.5. The minimum absolute atomic E-state index is 0.565. The van der Waals surface area contributed by atoms with Gasteiger partial charge in [-0.2, -0.15) is 0 Å². The van der Waals surface area contributed by atoms with Gasteiger partial charge in [0.1, 0.15) is 5.54 Å². The molecule has 0 radical (unpaired) electrons.